The molecule has 0 aliphatic heterocycles. The summed E-state index contributed by atoms with van der Waals surface area (Å²) in [4.78, 5) is 9.48. The third-order valence-corrected chi connectivity index (χ3v) is 8.23. The van der Waals surface area contributed by atoms with E-state index in [0.717, 1.165) is 37.1 Å². The van der Waals surface area contributed by atoms with Gasteiger partial charge in [0.15, 0.2) is 0 Å². The van der Waals surface area contributed by atoms with Gasteiger partial charge in [0.2, 0.25) is 0 Å². The van der Waals surface area contributed by atoms with E-state index < -0.39 is 0 Å². The van der Waals surface area contributed by atoms with Crippen LogP contribution in [0.4, 0.5) is 0 Å². The van der Waals surface area contributed by atoms with Gasteiger partial charge in [-0.05, 0) is 71.9 Å². The number of methoxy groups -OCH3 is 1. The molecular weight excluding hydrogens is 436 g/mol. The summed E-state index contributed by atoms with van der Waals surface area (Å²) < 4.78 is 10.9. The van der Waals surface area contributed by atoms with Crippen molar-refractivity contribution in [2.45, 2.75) is 77.0 Å². The minimum absolute atomic E-state index is 0.0788. The van der Waals surface area contributed by atoms with E-state index in [1.54, 1.807) is 0 Å². The summed E-state index contributed by atoms with van der Waals surface area (Å²) >= 11 is 0. The van der Waals surface area contributed by atoms with E-state index in [0.29, 0.717) is 11.8 Å². The molecule has 1 fully saturated rings. The number of fused-ring (bicyclic) bond motifs is 2. The molecule has 0 saturated heterocycles. The quantitative estimate of drug-likeness (QED) is 0.349. The van der Waals surface area contributed by atoms with Crippen LogP contribution in [0.1, 0.15) is 70.0 Å². The molecule has 0 radical (unpaired) electrons. The number of aromatic nitrogens is 4. The first kappa shape index (κ1) is 24.0. The molecule has 1 N–H and O–H groups in total. The van der Waals surface area contributed by atoms with E-state index in [2.05, 4.69) is 66.3 Å². The third kappa shape index (κ3) is 3.97. The fraction of sp³-hybridized carbons (Fsp3) is 0.517. The molecule has 1 aliphatic rings. The van der Waals surface area contributed by atoms with Gasteiger partial charge in [0, 0.05) is 55.8 Å². The predicted octanol–water partition coefficient (Wildman–Crippen LogP) is 5.84. The summed E-state index contributed by atoms with van der Waals surface area (Å²) in [5.41, 5.74) is 4.60. The molecule has 5 rings (SSSR count). The van der Waals surface area contributed by atoms with Crippen LogP contribution >= 0.6 is 0 Å². The van der Waals surface area contributed by atoms with Gasteiger partial charge in [0.05, 0.1) is 12.1 Å². The first-order chi connectivity index (χ1) is 16.9. The molecule has 0 bridgehead atoms. The van der Waals surface area contributed by atoms with Crippen molar-refractivity contribution in [3.8, 4) is 0 Å². The molecule has 1 aliphatic carbocycles. The minimum Gasteiger partial charge on any atom is -0.396 e. The van der Waals surface area contributed by atoms with E-state index in [9.17, 15) is 5.11 Å². The van der Waals surface area contributed by atoms with Gasteiger partial charge in [0.25, 0.3) is 0 Å². The third-order valence-electron chi connectivity index (χ3n) is 8.23. The van der Waals surface area contributed by atoms with Gasteiger partial charge in [-0.1, -0.05) is 27.7 Å². The number of ether oxygens (including phenoxy) is 1. The molecule has 6 heteroatoms. The van der Waals surface area contributed by atoms with E-state index in [1.165, 1.54) is 21.9 Å². The van der Waals surface area contributed by atoms with Gasteiger partial charge in [-0.15, -0.1) is 0 Å². The lowest BCUT2D eigenvalue weighted by molar-refractivity contribution is 0.0196. The highest BCUT2D eigenvalue weighted by atomic mass is 16.5. The lowest BCUT2D eigenvalue weighted by Gasteiger charge is -2.37. The molecule has 4 aromatic rings. The molecule has 35 heavy (non-hydrogen) atoms. The molecule has 4 aromatic heterocycles. The Balaban J connectivity index is 1.55. The van der Waals surface area contributed by atoms with E-state index in [1.807, 2.05) is 31.6 Å². The van der Waals surface area contributed by atoms with Crippen molar-refractivity contribution in [2.75, 3.05) is 13.7 Å². The Hall–Kier alpha value is -2.70. The van der Waals surface area contributed by atoms with E-state index in [4.69, 9.17) is 9.72 Å². The summed E-state index contributed by atoms with van der Waals surface area (Å²) in [6, 6.07) is 8.68. The van der Waals surface area contributed by atoms with Crippen molar-refractivity contribution < 1.29 is 9.84 Å². The highest BCUT2D eigenvalue weighted by Crippen LogP contribution is 2.50. The average molecular weight is 475 g/mol. The van der Waals surface area contributed by atoms with Crippen LogP contribution in [0, 0.1) is 5.92 Å². The smallest absolute Gasteiger partial charge is 0.140 e. The van der Waals surface area contributed by atoms with Crippen LogP contribution in [0.25, 0.3) is 22.1 Å². The second-order valence-electron chi connectivity index (χ2n) is 10.9. The molecule has 1 unspecified atom stereocenters. The molecule has 0 amide bonds. The predicted molar refractivity (Wildman–Crippen MR) is 141 cm³/mol. The van der Waals surface area contributed by atoms with Crippen LogP contribution < -0.4 is 0 Å². The zero-order valence-electron chi connectivity index (χ0n) is 21.6. The fourth-order valence-corrected chi connectivity index (χ4v) is 6.41. The second kappa shape index (κ2) is 9.40. The molecule has 1 saturated carbocycles. The summed E-state index contributed by atoms with van der Waals surface area (Å²) in [6.45, 7) is 10.2. The summed E-state index contributed by atoms with van der Waals surface area (Å²) in [6.07, 6.45) is 11.3. The Bertz CT molecular complexity index is 1320. The van der Waals surface area contributed by atoms with Crippen LogP contribution in [-0.4, -0.2) is 44.0 Å². The number of aliphatic hydroxyl groups excluding tert-OH is 1. The van der Waals surface area contributed by atoms with Crippen molar-refractivity contribution >= 4 is 22.1 Å². The first-order valence-corrected chi connectivity index (χ1v) is 12.9. The number of pyridine rings is 2. The molecular formula is C29H38N4O2. The van der Waals surface area contributed by atoms with Crippen LogP contribution in [-0.2, 0) is 16.7 Å². The van der Waals surface area contributed by atoms with Gasteiger partial charge in [-0.3, -0.25) is 0 Å². The van der Waals surface area contributed by atoms with Crippen molar-refractivity contribution in [3.05, 3.63) is 60.2 Å². The van der Waals surface area contributed by atoms with Crippen LogP contribution in [0.3, 0.4) is 0 Å². The first-order valence-electron chi connectivity index (χ1n) is 12.9. The molecule has 4 heterocycles. The highest BCUT2D eigenvalue weighted by Gasteiger charge is 2.47. The topological polar surface area (TPSA) is 65.1 Å². The SMILES string of the molecule is CO[C@@H]1C(C(C)(C)c2cn(CCCO)c3ncccc23)CC[C@H]1n1cc(C(C)C)c2cccnc21. The maximum absolute atomic E-state index is 9.40. The normalized spacial score (nSPS) is 21.1. The number of hydrogen-bond acceptors (Lipinski definition) is 4. The summed E-state index contributed by atoms with van der Waals surface area (Å²) in [5.74, 6) is 0.786. The number of hydrogen-bond donors (Lipinski definition) is 1. The average Bonchev–Trinajstić information content (AvgIpc) is 3.56. The molecule has 0 aromatic carbocycles. The highest BCUT2D eigenvalue weighted by molar-refractivity contribution is 5.82. The number of rotatable bonds is 8. The maximum atomic E-state index is 9.40. The molecule has 0 spiro atoms. The lowest BCUT2D eigenvalue weighted by atomic mass is 9.71. The van der Waals surface area contributed by atoms with Crippen molar-refractivity contribution in [1.82, 2.24) is 19.1 Å². The Morgan fingerprint density at radius 1 is 1.06 bits per heavy atom. The Labute approximate surface area is 208 Å². The summed E-state index contributed by atoms with van der Waals surface area (Å²) in [5, 5.41) is 11.8. The zero-order chi connectivity index (χ0) is 24.7. The maximum Gasteiger partial charge on any atom is 0.140 e. The largest absolute Gasteiger partial charge is 0.396 e. The number of nitrogens with zero attached hydrogens (tertiary/aromatic N) is 4. The van der Waals surface area contributed by atoms with Crippen LogP contribution in [0.2, 0.25) is 0 Å². The van der Waals surface area contributed by atoms with Crippen molar-refractivity contribution in [3.63, 3.8) is 0 Å². The molecule has 186 valence electrons. The monoisotopic (exact) mass is 474 g/mol. The van der Waals surface area contributed by atoms with Crippen LogP contribution in [0.15, 0.2) is 49.1 Å². The summed E-state index contributed by atoms with van der Waals surface area (Å²) in [7, 11) is 1.86. The van der Waals surface area contributed by atoms with Gasteiger partial charge in [-0.25, -0.2) is 9.97 Å². The Morgan fingerprint density at radius 2 is 1.77 bits per heavy atom. The Kier molecular flexibility index (Phi) is 6.45. The van der Waals surface area contributed by atoms with Gasteiger partial charge in [0.1, 0.15) is 11.3 Å². The van der Waals surface area contributed by atoms with Crippen LogP contribution in [0.5, 0.6) is 0 Å². The van der Waals surface area contributed by atoms with Crippen molar-refractivity contribution in [2.24, 2.45) is 5.92 Å². The Morgan fingerprint density at radius 3 is 2.46 bits per heavy atom. The van der Waals surface area contributed by atoms with E-state index in [-0.39, 0.29) is 24.2 Å². The lowest BCUT2D eigenvalue weighted by Crippen LogP contribution is -2.38. The zero-order valence-corrected chi connectivity index (χ0v) is 21.6. The minimum atomic E-state index is -0.113. The molecule has 3 atom stereocenters. The second-order valence-corrected chi connectivity index (χ2v) is 10.9. The number of aliphatic hydroxyl groups is 1. The van der Waals surface area contributed by atoms with Gasteiger partial charge >= 0.3 is 0 Å². The number of aryl methyl sites for hydroxylation is 1. The van der Waals surface area contributed by atoms with E-state index >= 15 is 0 Å². The fourth-order valence-electron chi connectivity index (χ4n) is 6.41. The van der Waals surface area contributed by atoms with Gasteiger partial charge in [-0.2, -0.15) is 0 Å². The molecule has 6 nitrogen and oxygen atoms in total. The van der Waals surface area contributed by atoms with Gasteiger partial charge < -0.3 is 19.0 Å². The van der Waals surface area contributed by atoms with Crippen molar-refractivity contribution in [1.29, 1.82) is 0 Å². The standard InChI is InChI=1S/C29H38N4O2/c1-19(2)22-17-33(28-20(22)9-6-14-31-28)25-12-11-23(26(25)35-5)29(3,4)24-18-32(15-8-16-34)27-21(24)10-7-13-30-27/h6-7,9-10,13-14,17-19,23,25-26,34H,8,11-12,15-16H2,1-5H3/t23?,25-,26-/m1/s1.